The van der Waals surface area contributed by atoms with Crippen LogP contribution in [0.15, 0.2) is 30.3 Å². The summed E-state index contributed by atoms with van der Waals surface area (Å²) in [6, 6.07) is 7.89. The van der Waals surface area contributed by atoms with Crippen molar-refractivity contribution in [3.05, 3.63) is 41.0 Å². The lowest BCUT2D eigenvalue weighted by Gasteiger charge is -2.03. The van der Waals surface area contributed by atoms with Gasteiger partial charge in [0.2, 0.25) is 0 Å². The van der Waals surface area contributed by atoms with Crippen LogP contribution >= 0.6 is 11.6 Å². The molecular formula is C10H5ClNO2-. The summed E-state index contributed by atoms with van der Waals surface area (Å²) in [5.41, 5.74) is 0.809. The highest BCUT2D eigenvalue weighted by Crippen LogP contribution is 2.16. The van der Waals surface area contributed by atoms with Crippen LogP contribution in [0.25, 0.3) is 10.9 Å². The zero-order valence-corrected chi connectivity index (χ0v) is 7.78. The van der Waals surface area contributed by atoms with E-state index in [2.05, 4.69) is 4.98 Å². The van der Waals surface area contributed by atoms with E-state index >= 15 is 0 Å². The molecule has 0 spiro atoms. The summed E-state index contributed by atoms with van der Waals surface area (Å²) in [5.74, 6) is -1.19. The van der Waals surface area contributed by atoms with E-state index in [1.54, 1.807) is 18.2 Å². The molecule has 0 amide bonds. The molecule has 0 aliphatic heterocycles. The Labute approximate surface area is 85.0 Å². The summed E-state index contributed by atoms with van der Waals surface area (Å²) in [4.78, 5) is 14.6. The number of carboxylic acid groups (broad SMARTS) is 1. The van der Waals surface area contributed by atoms with Crippen molar-refractivity contribution in [1.29, 1.82) is 0 Å². The highest BCUT2D eigenvalue weighted by Gasteiger charge is 1.98. The Hall–Kier alpha value is -1.61. The maximum Gasteiger partial charge on any atom is 0.129 e. The Balaban J connectivity index is 2.67. The highest BCUT2D eigenvalue weighted by molar-refractivity contribution is 6.29. The van der Waals surface area contributed by atoms with Crippen molar-refractivity contribution < 1.29 is 9.90 Å². The molecule has 0 aliphatic carbocycles. The fourth-order valence-corrected chi connectivity index (χ4v) is 1.38. The van der Waals surface area contributed by atoms with Crippen LogP contribution in [0.5, 0.6) is 0 Å². The number of carbonyl (C=O) groups excluding carboxylic acids is 1. The molecule has 0 fully saturated rings. The number of carboxylic acids is 1. The van der Waals surface area contributed by atoms with Crippen LogP contribution in [-0.2, 0) is 0 Å². The SMILES string of the molecule is O=C([O-])c1ccc2nc(Cl)ccc2c1. The van der Waals surface area contributed by atoms with Gasteiger partial charge in [-0.25, -0.2) is 4.98 Å². The highest BCUT2D eigenvalue weighted by atomic mass is 35.5. The molecule has 0 unspecified atom stereocenters. The van der Waals surface area contributed by atoms with Gasteiger partial charge in [-0.15, -0.1) is 0 Å². The predicted octanol–water partition coefficient (Wildman–Crippen LogP) is 1.25. The third-order valence-electron chi connectivity index (χ3n) is 1.89. The molecule has 14 heavy (non-hydrogen) atoms. The lowest BCUT2D eigenvalue weighted by Crippen LogP contribution is -2.21. The van der Waals surface area contributed by atoms with Crippen LogP contribution in [0, 0.1) is 0 Å². The Morgan fingerprint density at radius 1 is 1.29 bits per heavy atom. The molecule has 4 heteroatoms. The van der Waals surface area contributed by atoms with E-state index in [9.17, 15) is 9.90 Å². The first-order valence-corrected chi connectivity index (χ1v) is 4.32. The summed E-state index contributed by atoms with van der Waals surface area (Å²) in [5, 5.41) is 11.7. The molecule has 2 aromatic rings. The van der Waals surface area contributed by atoms with E-state index in [4.69, 9.17) is 11.6 Å². The molecule has 70 valence electrons. The van der Waals surface area contributed by atoms with Gasteiger partial charge in [-0.05, 0) is 29.8 Å². The molecule has 0 aliphatic rings. The van der Waals surface area contributed by atoms with E-state index in [0.29, 0.717) is 10.7 Å². The Morgan fingerprint density at radius 2 is 2.07 bits per heavy atom. The second-order valence-electron chi connectivity index (χ2n) is 2.83. The van der Waals surface area contributed by atoms with E-state index < -0.39 is 5.97 Å². The van der Waals surface area contributed by atoms with E-state index in [1.807, 2.05) is 0 Å². The van der Waals surface area contributed by atoms with Crippen molar-refractivity contribution in [3.63, 3.8) is 0 Å². The van der Waals surface area contributed by atoms with E-state index in [0.717, 1.165) is 5.39 Å². The molecule has 2 rings (SSSR count). The second kappa shape index (κ2) is 3.27. The van der Waals surface area contributed by atoms with Gasteiger partial charge in [-0.2, -0.15) is 0 Å². The lowest BCUT2D eigenvalue weighted by atomic mass is 10.1. The number of hydrogen-bond donors (Lipinski definition) is 0. The minimum atomic E-state index is -1.19. The summed E-state index contributed by atoms with van der Waals surface area (Å²) < 4.78 is 0. The number of aromatic nitrogens is 1. The van der Waals surface area contributed by atoms with Crippen molar-refractivity contribution in [1.82, 2.24) is 4.98 Å². The molecule has 0 saturated heterocycles. The molecule has 1 aromatic heterocycles. The van der Waals surface area contributed by atoms with Crippen LogP contribution in [0.4, 0.5) is 0 Å². The molecular weight excluding hydrogens is 202 g/mol. The molecule has 0 atom stereocenters. The lowest BCUT2D eigenvalue weighted by molar-refractivity contribution is -0.255. The zero-order chi connectivity index (χ0) is 10.1. The van der Waals surface area contributed by atoms with Gasteiger partial charge in [0, 0.05) is 5.39 Å². The van der Waals surface area contributed by atoms with Crippen molar-refractivity contribution in [3.8, 4) is 0 Å². The molecule has 1 aromatic carbocycles. The number of fused-ring (bicyclic) bond motifs is 1. The Kier molecular flexibility index (Phi) is 2.09. The number of carbonyl (C=O) groups is 1. The van der Waals surface area contributed by atoms with Crippen molar-refractivity contribution in [2.24, 2.45) is 0 Å². The van der Waals surface area contributed by atoms with Gasteiger partial charge in [-0.1, -0.05) is 17.7 Å². The molecule has 0 saturated carbocycles. The van der Waals surface area contributed by atoms with Gasteiger partial charge in [0.1, 0.15) is 5.15 Å². The Morgan fingerprint density at radius 3 is 2.79 bits per heavy atom. The molecule has 3 nitrogen and oxygen atoms in total. The van der Waals surface area contributed by atoms with Crippen LogP contribution in [0.1, 0.15) is 10.4 Å². The topological polar surface area (TPSA) is 53.0 Å². The number of nitrogens with zero attached hydrogens (tertiary/aromatic N) is 1. The first kappa shape index (κ1) is 8.97. The number of hydrogen-bond acceptors (Lipinski definition) is 3. The van der Waals surface area contributed by atoms with Crippen molar-refractivity contribution >= 4 is 28.5 Å². The minimum absolute atomic E-state index is 0.140. The summed E-state index contributed by atoms with van der Waals surface area (Å²) >= 11 is 5.68. The number of benzene rings is 1. The normalized spacial score (nSPS) is 10.4. The third kappa shape index (κ3) is 1.54. The van der Waals surface area contributed by atoms with Crippen molar-refractivity contribution in [2.75, 3.05) is 0 Å². The van der Waals surface area contributed by atoms with Crippen molar-refractivity contribution in [2.45, 2.75) is 0 Å². The van der Waals surface area contributed by atoms with Gasteiger partial charge >= 0.3 is 0 Å². The van der Waals surface area contributed by atoms with Gasteiger partial charge in [0.05, 0.1) is 11.5 Å². The fourth-order valence-electron chi connectivity index (χ4n) is 1.23. The predicted molar refractivity (Wildman–Crippen MR) is 51.1 cm³/mol. The van der Waals surface area contributed by atoms with Gasteiger partial charge in [0.15, 0.2) is 0 Å². The maximum atomic E-state index is 10.6. The molecule has 0 bridgehead atoms. The standard InChI is InChI=1S/C10H6ClNO2/c11-9-4-2-6-5-7(10(13)14)1-3-8(6)12-9/h1-5H,(H,13,14)/p-1. The summed E-state index contributed by atoms with van der Waals surface area (Å²) in [6.45, 7) is 0. The first-order chi connectivity index (χ1) is 6.66. The second-order valence-corrected chi connectivity index (χ2v) is 3.22. The average molecular weight is 207 g/mol. The van der Waals surface area contributed by atoms with Gasteiger partial charge in [-0.3, -0.25) is 0 Å². The average Bonchev–Trinajstić information content (AvgIpc) is 2.16. The molecule has 0 N–H and O–H groups in total. The summed E-state index contributed by atoms with van der Waals surface area (Å²) in [6.07, 6.45) is 0. The minimum Gasteiger partial charge on any atom is -0.545 e. The summed E-state index contributed by atoms with van der Waals surface area (Å²) in [7, 11) is 0. The molecule has 0 radical (unpaired) electrons. The van der Waals surface area contributed by atoms with Gasteiger partial charge in [0.25, 0.3) is 0 Å². The van der Waals surface area contributed by atoms with E-state index in [-0.39, 0.29) is 5.56 Å². The largest absolute Gasteiger partial charge is 0.545 e. The number of aromatic carboxylic acids is 1. The smallest absolute Gasteiger partial charge is 0.129 e. The number of rotatable bonds is 1. The molecule has 1 heterocycles. The van der Waals surface area contributed by atoms with Gasteiger partial charge < -0.3 is 9.90 Å². The first-order valence-electron chi connectivity index (χ1n) is 3.94. The fraction of sp³-hybridized carbons (Fsp3) is 0. The Bertz CT molecular complexity index is 510. The van der Waals surface area contributed by atoms with E-state index in [1.165, 1.54) is 12.1 Å². The van der Waals surface area contributed by atoms with Crippen LogP contribution in [0.2, 0.25) is 5.15 Å². The maximum absolute atomic E-state index is 10.6. The number of halogens is 1. The quantitative estimate of drug-likeness (QED) is 0.660. The van der Waals surface area contributed by atoms with Crippen LogP contribution in [-0.4, -0.2) is 11.0 Å². The number of pyridine rings is 1. The monoisotopic (exact) mass is 206 g/mol. The zero-order valence-electron chi connectivity index (χ0n) is 7.03. The third-order valence-corrected chi connectivity index (χ3v) is 2.10. The van der Waals surface area contributed by atoms with Crippen LogP contribution in [0.3, 0.4) is 0 Å². The van der Waals surface area contributed by atoms with Crippen LogP contribution < -0.4 is 5.11 Å².